The number of rotatable bonds is 6. The van der Waals surface area contributed by atoms with E-state index in [4.69, 9.17) is 4.42 Å². The highest BCUT2D eigenvalue weighted by Crippen LogP contribution is 2.28. The molecule has 4 aromatic rings. The van der Waals surface area contributed by atoms with Gasteiger partial charge in [0.05, 0.1) is 4.88 Å². The molecule has 4 rings (SSSR count). The van der Waals surface area contributed by atoms with Gasteiger partial charge in [-0.2, -0.15) is 0 Å². The van der Waals surface area contributed by atoms with Crippen LogP contribution in [0.3, 0.4) is 0 Å². The minimum Gasteiger partial charge on any atom is -0.410 e. The smallest absolute Gasteiger partial charge is 0.277 e. The van der Waals surface area contributed by atoms with Crippen molar-refractivity contribution in [2.24, 2.45) is 0 Å². The zero-order valence-electron chi connectivity index (χ0n) is 14.2. The van der Waals surface area contributed by atoms with E-state index in [9.17, 15) is 4.79 Å². The standard InChI is InChI=1S/C20H15N3O2S2/c24-18(21-16-5-2-1-3-6-16)15-10-8-14(9-11-15)13-27-20-23-22-19(25-20)17-7-4-12-26-17/h1-12H,13H2,(H,21,24). The molecule has 27 heavy (non-hydrogen) atoms. The average Bonchev–Trinajstić information content (AvgIpc) is 3.39. The van der Waals surface area contributed by atoms with E-state index in [0.717, 1.165) is 16.1 Å². The molecule has 2 heterocycles. The molecule has 2 aromatic heterocycles. The molecule has 0 unspecified atom stereocenters. The van der Waals surface area contributed by atoms with E-state index in [1.165, 1.54) is 11.8 Å². The van der Waals surface area contributed by atoms with E-state index >= 15 is 0 Å². The predicted octanol–water partition coefficient (Wildman–Crippen LogP) is 5.34. The number of hydrogen-bond acceptors (Lipinski definition) is 6. The lowest BCUT2D eigenvalue weighted by molar-refractivity contribution is 0.102. The molecule has 0 aliphatic heterocycles. The van der Waals surface area contributed by atoms with Gasteiger partial charge in [-0.1, -0.05) is 48.2 Å². The summed E-state index contributed by atoms with van der Waals surface area (Å²) in [6.45, 7) is 0. The summed E-state index contributed by atoms with van der Waals surface area (Å²) in [7, 11) is 0. The maximum atomic E-state index is 12.3. The van der Waals surface area contributed by atoms with E-state index in [0.29, 0.717) is 22.4 Å². The van der Waals surface area contributed by atoms with Gasteiger partial charge in [-0.15, -0.1) is 21.5 Å². The molecule has 1 amide bonds. The van der Waals surface area contributed by atoms with Crippen molar-refractivity contribution in [3.63, 3.8) is 0 Å². The van der Waals surface area contributed by atoms with Crippen LogP contribution in [-0.2, 0) is 5.75 Å². The van der Waals surface area contributed by atoms with E-state index in [2.05, 4.69) is 15.5 Å². The number of para-hydroxylation sites is 1. The first-order valence-electron chi connectivity index (χ1n) is 8.23. The third-order valence-electron chi connectivity index (χ3n) is 3.75. The average molecular weight is 393 g/mol. The first-order valence-corrected chi connectivity index (χ1v) is 10.1. The predicted molar refractivity (Wildman–Crippen MR) is 108 cm³/mol. The first-order chi connectivity index (χ1) is 13.3. The molecule has 0 aliphatic carbocycles. The number of nitrogens with one attached hydrogen (secondary N) is 1. The summed E-state index contributed by atoms with van der Waals surface area (Å²) in [6.07, 6.45) is 0. The van der Waals surface area contributed by atoms with Crippen molar-refractivity contribution in [3.05, 3.63) is 83.2 Å². The second kappa shape index (κ2) is 8.20. The van der Waals surface area contributed by atoms with Crippen molar-refractivity contribution >= 4 is 34.7 Å². The van der Waals surface area contributed by atoms with Gasteiger partial charge in [0.25, 0.3) is 17.0 Å². The number of benzene rings is 2. The largest absolute Gasteiger partial charge is 0.410 e. The molecule has 1 N–H and O–H groups in total. The van der Waals surface area contributed by atoms with Gasteiger partial charge >= 0.3 is 0 Å². The number of carbonyl (C=O) groups excluding carboxylic acids is 1. The van der Waals surface area contributed by atoms with Crippen LogP contribution >= 0.6 is 23.1 Å². The van der Waals surface area contributed by atoms with Crippen LogP contribution in [0.4, 0.5) is 5.69 Å². The monoisotopic (exact) mass is 393 g/mol. The highest BCUT2D eigenvalue weighted by atomic mass is 32.2. The minimum absolute atomic E-state index is 0.127. The molecule has 5 nitrogen and oxygen atoms in total. The number of nitrogens with zero attached hydrogens (tertiary/aromatic N) is 2. The zero-order valence-corrected chi connectivity index (χ0v) is 15.8. The minimum atomic E-state index is -0.127. The van der Waals surface area contributed by atoms with Crippen molar-refractivity contribution < 1.29 is 9.21 Å². The Hall–Kier alpha value is -2.90. The highest BCUT2D eigenvalue weighted by Gasteiger charge is 2.10. The Labute approximate surface area is 164 Å². The first kappa shape index (κ1) is 17.5. The van der Waals surface area contributed by atoms with Gasteiger partial charge in [0.2, 0.25) is 0 Å². The summed E-state index contributed by atoms with van der Waals surface area (Å²) < 4.78 is 5.67. The molecule has 0 atom stereocenters. The molecule has 0 fully saturated rings. The molecule has 2 aromatic carbocycles. The van der Waals surface area contributed by atoms with Gasteiger partial charge in [0.15, 0.2) is 0 Å². The quantitative estimate of drug-likeness (QED) is 0.448. The zero-order chi connectivity index (χ0) is 18.5. The topological polar surface area (TPSA) is 68.0 Å². The van der Waals surface area contributed by atoms with Crippen LogP contribution in [0.1, 0.15) is 15.9 Å². The lowest BCUT2D eigenvalue weighted by Gasteiger charge is -2.05. The number of aromatic nitrogens is 2. The Morgan fingerprint density at radius 3 is 2.56 bits per heavy atom. The Kier molecular flexibility index (Phi) is 5.32. The molecule has 0 spiro atoms. The van der Waals surface area contributed by atoms with Crippen LogP contribution in [0.25, 0.3) is 10.8 Å². The van der Waals surface area contributed by atoms with E-state index in [1.807, 2.05) is 72.1 Å². The van der Waals surface area contributed by atoms with Gasteiger partial charge < -0.3 is 9.73 Å². The van der Waals surface area contributed by atoms with E-state index < -0.39 is 0 Å². The highest BCUT2D eigenvalue weighted by molar-refractivity contribution is 7.98. The van der Waals surface area contributed by atoms with Crippen LogP contribution in [0, 0.1) is 0 Å². The molecule has 0 aliphatic rings. The number of hydrogen-bond donors (Lipinski definition) is 1. The number of thioether (sulfide) groups is 1. The Balaban J connectivity index is 1.35. The molecule has 134 valence electrons. The number of carbonyl (C=O) groups is 1. The van der Waals surface area contributed by atoms with Crippen molar-refractivity contribution in [2.75, 3.05) is 5.32 Å². The summed E-state index contributed by atoms with van der Waals surface area (Å²) >= 11 is 3.04. The van der Waals surface area contributed by atoms with E-state index in [-0.39, 0.29) is 5.91 Å². The molecular formula is C20H15N3O2S2. The van der Waals surface area contributed by atoms with Crippen molar-refractivity contribution in [3.8, 4) is 10.8 Å². The second-order valence-electron chi connectivity index (χ2n) is 5.66. The van der Waals surface area contributed by atoms with Crippen molar-refractivity contribution in [1.82, 2.24) is 10.2 Å². The lowest BCUT2D eigenvalue weighted by atomic mass is 10.1. The fraction of sp³-hybridized carbons (Fsp3) is 0.0500. The summed E-state index contributed by atoms with van der Waals surface area (Å²) in [4.78, 5) is 13.2. The number of amides is 1. The maximum Gasteiger partial charge on any atom is 0.277 e. The molecule has 0 saturated heterocycles. The van der Waals surface area contributed by atoms with E-state index in [1.54, 1.807) is 11.3 Å². The second-order valence-corrected chi connectivity index (χ2v) is 7.53. The third kappa shape index (κ3) is 4.45. The molecule has 0 radical (unpaired) electrons. The molecule has 0 bridgehead atoms. The van der Waals surface area contributed by atoms with Gasteiger partial charge in [-0.3, -0.25) is 4.79 Å². The van der Waals surface area contributed by atoms with Crippen LogP contribution in [0.15, 0.2) is 81.8 Å². The Morgan fingerprint density at radius 1 is 1.00 bits per heavy atom. The fourth-order valence-corrected chi connectivity index (χ4v) is 3.75. The van der Waals surface area contributed by atoms with Crippen LogP contribution in [0.5, 0.6) is 0 Å². The van der Waals surface area contributed by atoms with Gasteiger partial charge in [0.1, 0.15) is 0 Å². The Bertz CT molecular complexity index is 1010. The fourth-order valence-electron chi connectivity index (χ4n) is 2.39. The van der Waals surface area contributed by atoms with Crippen LogP contribution in [-0.4, -0.2) is 16.1 Å². The van der Waals surface area contributed by atoms with Crippen LogP contribution in [0.2, 0.25) is 0 Å². The van der Waals surface area contributed by atoms with Crippen molar-refractivity contribution in [2.45, 2.75) is 11.0 Å². The van der Waals surface area contributed by atoms with Crippen LogP contribution < -0.4 is 5.32 Å². The summed E-state index contributed by atoms with van der Waals surface area (Å²) in [5.41, 5.74) is 2.47. The van der Waals surface area contributed by atoms with Gasteiger partial charge in [0, 0.05) is 17.0 Å². The third-order valence-corrected chi connectivity index (χ3v) is 5.50. The maximum absolute atomic E-state index is 12.3. The SMILES string of the molecule is O=C(Nc1ccccc1)c1ccc(CSc2nnc(-c3cccs3)o2)cc1. The molecule has 7 heteroatoms. The molecule has 0 saturated carbocycles. The number of anilines is 1. The summed E-state index contributed by atoms with van der Waals surface area (Å²) in [5.74, 6) is 1.10. The summed E-state index contributed by atoms with van der Waals surface area (Å²) in [5, 5.41) is 13.5. The lowest BCUT2D eigenvalue weighted by Crippen LogP contribution is -2.11. The summed E-state index contributed by atoms with van der Waals surface area (Å²) in [6, 6.07) is 20.8. The Morgan fingerprint density at radius 2 is 1.81 bits per heavy atom. The normalized spacial score (nSPS) is 10.7. The molecular weight excluding hydrogens is 378 g/mol. The van der Waals surface area contributed by atoms with Crippen molar-refractivity contribution in [1.29, 1.82) is 0 Å². The van der Waals surface area contributed by atoms with Gasteiger partial charge in [-0.25, -0.2) is 0 Å². The van der Waals surface area contributed by atoms with Gasteiger partial charge in [-0.05, 0) is 41.3 Å². The number of thiophene rings is 1.